The van der Waals surface area contributed by atoms with E-state index < -0.39 is 11.5 Å². The molecule has 0 atom stereocenters. The summed E-state index contributed by atoms with van der Waals surface area (Å²) in [6.45, 7) is 0. The normalized spacial score (nSPS) is 11.2. The van der Waals surface area contributed by atoms with Crippen molar-refractivity contribution in [3.63, 3.8) is 0 Å². The van der Waals surface area contributed by atoms with Crippen LogP contribution < -0.4 is 5.56 Å². The summed E-state index contributed by atoms with van der Waals surface area (Å²) in [6, 6.07) is 19.8. The number of esters is 1. The summed E-state index contributed by atoms with van der Waals surface area (Å²) >= 11 is 5.44. The third kappa shape index (κ3) is 4.21. The van der Waals surface area contributed by atoms with Gasteiger partial charge in [0, 0.05) is 12.3 Å². The number of benzene rings is 2. The number of ether oxygens (including phenoxy) is 1. The van der Waals surface area contributed by atoms with Crippen LogP contribution in [0.5, 0.6) is 0 Å². The van der Waals surface area contributed by atoms with E-state index in [1.165, 1.54) is 22.6 Å². The van der Waals surface area contributed by atoms with E-state index in [-0.39, 0.29) is 10.5 Å². The van der Waals surface area contributed by atoms with E-state index in [0.29, 0.717) is 5.69 Å². The van der Waals surface area contributed by atoms with Crippen molar-refractivity contribution in [3.05, 3.63) is 99.2 Å². The predicted molar refractivity (Wildman–Crippen MR) is 112 cm³/mol. The Labute approximate surface area is 166 Å². The van der Waals surface area contributed by atoms with Gasteiger partial charge in [0.15, 0.2) is 5.69 Å². The molecule has 0 aliphatic rings. The fraction of sp³-hybridized carbons (Fsp3) is 0.0476. The van der Waals surface area contributed by atoms with Crippen LogP contribution in [0.1, 0.15) is 16.1 Å². The van der Waals surface area contributed by atoms with Crippen molar-refractivity contribution in [1.29, 1.82) is 0 Å². The lowest BCUT2D eigenvalue weighted by atomic mass is 10.2. The number of hydrogen-bond donors (Lipinski definition) is 0. The van der Waals surface area contributed by atoms with Crippen molar-refractivity contribution < 1.29 is 9.53 Å². The summed E-state index contributed by atoms with van der Waals surface area (Å²) in [7, 11) is 1.23. The van der Waals surface area contributed by atoms with Crippen molar-refractivity contribution >= 4 is 30.5 Å². The molecule has 3 aromatic rings. The topological polar surface area (TPSA) is 65.6 Å². The van der Waals surface area contributed by atoms with Crippen LogP contribution in [-0.2, 0) is 4.74 Å². The maximum atomic E-state index is 12.6. The zero-order valence-electron chi connectivity index (χ0n) is 15.1. The molecule has 2 aromatic carbocycles. The summed E-state index contributed by atoms with van der Waals surface area (Å²) < 4.78 is 7.34. The Kier molecular flexibility index (Phi) is 6.08. The number of nitrogens with zero attached hydrogens (tertiary/aromatic N) is 3. The maximum absolute atomic E-state index is 12.6. The molecule has 0 aliphatic carbocycles. The van der Waals surface area contributed by atoms with Crippen LogP contribution >= 0.6 is 12.2 Å². The van der Waals surface area contributed by atoms with Crippen molar-refractivity contribution in [3.8, 4) is 5.69 Å². The first-order valence-electron chi connectivity index (χ1n) is 8.41. The molecule has 0 fully saturated rings. The van der Waals surface area contributed by atoms with E-state index in [4.69, 9.17) is 17.0 Å². The lowest BCUT2D eigenvalue weighted by Crippen LogP contribution is -2.26. The zero-order valence-corrected chi connectivity index (χ0v) is 15.9. The van der Waals surface area contributed by atoms with Gasteiger partial charge in [-0.2, -0.15) is 9.78 Å². The van der Waals surface area contributed by atoms with E-state index in [2.05, 4.69) is 5.10 Å². The lowest BCUT2D eigenvalue weighted by Gasteiger charge is -2.12. The molecule has 0 bridgehead atoms. The van der Waals surface area contributed by atoms with Crippen LogP contribution in [0.3, 0.4) is 0 Å². The summed E-state index contributed by atoms with van der Waals surface area (Å²) in [4.78, 5) is 24.7. The van der Waals surface area contributed by atoms with Crippen LogP contribution in [0, 0.1) is 4.77 Å². The minimum Gasteiger partial charge on any atom is -0.464 e. The molecule has 0 N–H and O–H groups in total. The minimum atomic E-state index is -0.701. The largest absolute Gasteiger partial charge is 0.464 e. The van der Waals surface area contributed by atoms with Crippen LogP contribution in [0.4, 0.5) is 0 Å². The third-order valence-electron chi connectivity index (χ3n) is 3.85. The highest BCUT2D eigenvalue weighted by atomic mass is 32.1. The Balaban J connectivity index is 2.08. The molecular weight excluding hydrogens is 374 g/mol. The van der Waals surface area contributed by atoms with Crippen LogP contribution in [0.2, 0.25) is 0 Å². The molecule has 0 saturated heterocycles. The molecule has 0 spiro atoms. The fourth-order valence-corrected chi connectivity index (χ4v) is 2.88. The second-order valence-corrected chi connectivity index (χ2v) is 6.02. The van der Waals surface area contributed by atoms with E-state index in [0.717, 1.165) is 11.6 Å². The van der Waals surface area contributed by atoms with Gasteiger partial charge in [0.05, 0.1) is 12.8 Å². The monoisotopic (exact) mass is 391 g/mol. The SMILES string of the molecule is COC(=O)c1cc(=O)n(-c2ccccc2)c(=S)n1/N=C/C=C/c1ccccc1. The Morgan fingerprint density at radius 2 is 1.71 bits per heavy atom. The molecule has 0 unspecified atom stereocenters. The quantitative estimate of drug-likeness (QED) is 0.378. The van der Waals surface area contributed by atoms with Crippen molar-refractivity contribution in [2.75, 3.05) is 7.11 Å². The summed E-state index contributed by atoms with van der Waals surface area (Å²) in [5, 5.41) is 4.26. The van der Waals surface area contributed by atoms with Crippen LogP contribution in [-0.4, -0.2) is 28.5 Å². The average molecular weight is 391 g/mol. The highest BCUT2D eigenvalue weighted by molar-refractivity contribution is 7.71. The molecular formula is C21H17N3O3S. The number of allylic oxidation sites excluding steroid dienone is 1. The number of hydrogen-bond acceptors (Lipinski definition) is 5. The second-order valence-electron chi connectivity index (χ2n) is 5.66. The first-order chi connectivity index (χ1) is 13.6. The van der Waals surface area contributed by atoms with E-state index in [9.17, 15) is 9.59 Å². The Bertz CT molecular complexity index is 1150. The van der Waals surface area contributed by atoms with Gasteiger partial charge in [0.2, 0.25) is 4.77 Å². The van der Waals surface area contributed by atoms with E-state index in [1.54, 1.807) is 30.3 Å². The second kappa shape index (κ2) is 8.88. The van der Waals surface area contributed by atoms with Gasteiger partial charge in [-0.25, -0.2) is 4.79 Å². The summed E-state index contributed by atoms with van der Waals surface area (Å²) in [5.74, 6) is -0.701. The van der Waals surface area contributed by atoms with Gasteiger partial charge in [0.25, 0.3) is 5.56 Å². The number of rotatable bonds is 5. The Hall–Kier alpha value is -3.58. The number of carbonyl (C=O) groups is 1. The first-order valence-corrected chi connectivity index (χ1v) is 8.81. The van der Waals surface area contributed by atoms with E-state index in [1.807, 2.05) is 42.5 Å². The molecule has 3 rings (SSSR count). The minimum absolute atomic E-state index is 0.0472. The highest BCUT2D eigenvalue weighted by Gasteiger charge is 2.16. The molecule has 140 valence electrons. The highest BCUT2D eigenvalue weighted by Crippen LogP contribution is 2.09. The Morgan fingerprint density at radius 3 is 2.36 bits per heavy atom. The van der Waals surface area contributed by atoms with Gasteiger partial charge < -0.3 is 4.74 Å². The molecule has 1 heterocycles. The predicted octanol–water partition coefficient (Wildman–Crippen LogP) is 3.70. The number of methoxy groups -OCH3 is 1. The van der Waals surface area contributed by atoms with Gasteiger partial charge >= 0.3 is 5.97 Å². The van der Waals surface area contributed by atoms with Crippen molar-refractivity contribution in [2.24, 2.45) is 5.10 Å². The Morgan fingerprint density at radius 1 is 1.07 bits per heavy atom. The molecule has 6 nitrogen and oxygen atoms in total. The molecule has 28 heavy (non-hydrogen) atoms. The van der Waals surface area contributed by atoms with Gasteiger partial charge in [-0.05, 0) is 36.0 Å². The van der Waals surface area contributed by atoms with Crippen molar-refractivity contribution in [1.82, 2.24) is 9.24 Å². The fourth-order valence-electron chi connectivity index (χ4n) is 2.53. The van der Waals surface area contributed by atoms with Crippen molar-refractivity contribution in [2.45, 2.75) is 0 Å². The third-order valence-corrected chi connectivity index (χ3v) is 4.20. The molecule has 7 heteroatoms. The molecule has 0 amide bonds. The summed E-state index contributed by atoms with van der Waals surface area (Å²) in [5.41, 5.74) is 1.09. The van der Waals surface area contributed by atoms with Crippen LogP contribution in [0.15, 0.2) is 82.7 Å². The van der Waals surface area contributed by atoms with Gasteiger partial charge in [-0.15, -0.1) is 0 Å². The number of para-hydroxylation sites is 1. The number of aromatic nitrogens is 2. The lowest BCUT2D eigenvalue weighted by molar-refractivity contribution is 0.0587. The van der Waals surface area contributed by atoms with Crippen LogP contribution in [0.25, 0.3) is 11.8 Å². The molecule has 0 saturated carbocycles. The number of carbonyl (C=O) groups excluding carboxylic acids is 1. The van der Waals surface area contributed by atoms with E-state index >= 15 is 0 Å². The van der Waals surface area contributed by atoms with Gasteiger partial charge in [-0.3, -0.25) is 9.36 Å². The van der Waals surface area contributed by atoms with Gasteiger partial charge in [0.1, 0.15) is 0 Å². The smallest absolute Gasteiger partial charge is 0.357 e. The maximum Gasteiger partial charge on any atom is 0.357 e. The molecule has 0 aliphatic heterocycles. The average Bonchev–Trinajstić information content (AvgIpc) is 2.73. The zero-order chi connectivity index (χ0) is 19.9. The van der Waals surface area contributed by atoms with Gasteiger partial charge in [-0.1, -0.05) is 54.6 Å². The molecule has 1 aromatic heterocycles. The standard InChI is InChI=1S/C21H17N3O3S/c1-27-20(26)18-15-19(25)23(17-12-6-3-7-13-17)21(28)24(18)22-14-8-11-16-9-4-2-5-10-16/h2-15H,1H3/b11-8+,22-14+. The summed E-state index contributed by atoms with van der Waals surface area (Å²) in [6.07, 6.45) is 5.07. The first kappa shape index (κ1) is 19.2. The molecule has 0 radical (unpaired) electrons.